The van der Waals surface area contributed by atoms with Crippen LogP contribution in [0, 0.1) is 0 Å². The predicted molar refractivity (Wildman–Crippen MR) is 148 cm³/mol. The number of halogens is 2. The summed E-state index contributed by atoms with van der Waals surface area (Å²) in [7, 11) is 1.33. The molecule has 1 saturated heterocycles. The lowest BCUT2D eigenvalue weighted by Crippen LogP contribution is -2.36. The van der Waals surface area contributed by atoms with E-state index < -0.39 is 24.0 Å². The van der Waals surface area contributed by atoms with Gasteiger partial charge in [-0.3, -0.25) is 4.90 Å². The van der Waals surface area contributed by atoms with Crippen LogP contribution < -0.4 is 5.32 Å². The minimum absolute atomic E-state index is 0. The first kappa shape index (κ1) is 28.8. The van der Waals surface area contributed by atoms with Crippen molar-refractivity contribution in [2.45, 2.75) is 45.1 Å². The van der Waals surface area contributed by atoms with Crippen molar-refractivity contribution in [1.29, 1.82) is 0 Å². The second-order valence-electron chi connectivity index (χ2n) is 9.31. The summed E-state index contributed by atoms with van der Waals surface area (Å²) in [6.45, 7) is 6.21. The van der Waals surface area contributed by atoms with Crippen LogP contribution in [0.4, 0.5) is 0 Å². The molecule has 2 heterocycles. The molecule has 2 atom stereocenters. The van der Waals surface area contributed by atoms with E-state index >= 15 is 0 Å². The van der Waals surface area contributed by atoms with Gasteiger partial charge in [-0.1, -0.05) is 66.6 Å². The van der Waals surface area contributed by atoms with Crippen molar-refractivity contribution in [2.75, 3.05) is 26.7 Å². The number of methoxy groups -OCH3 is 1. The summed E-state index contributed by atoms with van der Waals surface area (Å²) in [4.78, 5) is 29.2. The van der Waals surface area contributed by atoms with Gasteiger partial charge in [0.25, 0.3) is 0 Å². The minimum Gasteiger partial charge on any atom is -0.466 e. The largest absolute Gasteiger partial charge is 0.466 e. The highest BCUT2D eigenvalue weighted by molar-refractivity contribution is 6.31. The number of dihydropyridines is 1. The Morgan fingerprint density at radius 2 is 1.54 bits per heavy atom. The van der Waals surface area contributed by atoms with Crippen molar-refractivity contribution in [3.8, 4) is 0 Å². The fraction of sp³-hybridized carbons (Fsp3) is 0.379. The number of benzene rings is 2. The number of esters is 2. The Kier molecular flexibility index (Phi) is 10.2. The fourth-order valence-electron chi connectivity index (χ4n) is 5.11. The van der Waals surface area contributed by atoms with Gasteiger partial charge < -0.3 is 14.8 Å². The lowest BCUT2D eigenvalue weighted by Gasteiger charge is -2.33. The molecule has 4 rings (SSSR count). The van der Waals surface area contributed by atoms with Crippen LogP contribution in [0.1, 0.15) is 56.3 Å². The molecule has 2 aromatic rings. The third-order valence-electron chi connectivity index (χ3n) is 6.90. The van der Waals surface area contributed by atoms with Crippen molar-refractivity contribution >= 4 is 35.9 Å². The Balaban J connectivity index is 0.00000380. The van der Waals surface area contributed by atoms with Crippen molar-refractivity contribution in [1.82, 2.24) is 10.2 Å². The minimum atomic E-state index is -0.716. The van der Waals surface area contributed by atoms with Gasteiger partial charge in [-0.25, -0.2) is 9.59 Å². The standard InChI is InChI=1S/C29H33ClN2O4.ClH/c1-19-25(28(33)35-3)27(22-14-8-9-15-23(22)30)26(20(2)31-19)29(34)36-24(21-12-6-4-7-13-21)18-32-16-10-5-11-17-32;/h4,6-9,12-15,24,27,31H,5,10-11,16-18H2,1-3H3;1H. The molecule has 0 aromatic heterocycles. The molecule has 198 valence electrons. The number of likely N-dealkylation sites (tertiary alicyclic amines) is 1. The zero-order valence-corrected chi connectivity index (χ0v) is 23.0. The first-order valence-corrected chi connectivity index (χ1v) is 12.8. The van der Waals surface area contributed by atoms with E-state index in [1.807, 2.05) is 55.5 Å². The molecule has 0 bridgehead atoms. The van der Waals surface area contributed by atoms with Crippen LogP contribution in [-0.4, -0.2) is 43.6 Å². The van der Waals surface area contributed by atoms with E-state index in [2.05, 4.69) is 10.2 Å². The highest BCUT2D eigenvalue weighted by Gasteiger charge is 2.39. The Hall–Kier alpha value is -2.80. The first-order valence-electron chi connectivity index (χ1n) is 12.4. The summed E-state index contributed by atoms with van der Waals surface area (Å²) in [5.74, 6) is -1.72. The van der Waals surface area contributed by atoms with Gasteiger partial charge in [-0.05, 0) is 57.0 Å². The average molecular weight is 546 g/mol. The molecular weight excluding hydrogens is 511 g/mol. The predicted octanol–water partition coefficient (Wildman–Crippen LogP) is 5.94. The quantitative estimate of drug-likeness (QED) is 0.435. The fourth-order valence-corrected chi connectivity index (χ4v) is 5.36. The molecule has 0 aliphatic carbocycles. The molecular formula is C29H34Cl2N2O4. The molecule has 8 heteroatoms. The Bertz CT molecular complexity index is 1170. The maximum atomic E-state index is 13.9. The number of carbonyl (C=O) groups excluding carboxylic acids is 2. The Morgan fingerprint density at radius 1 is 0.946 bits per heavy atom. The molecule has 2 unspecified atom stereocenters. The molecule has 2 aromatic carbocycles. The number of hydrogen-bond acceptors (Lipinski definition) is 6. The van der Waals surface area contributed by atoms with Crippen LogP contribution in [0.5, 0.6) is 0 Å². The molecule has 1 N–H and O–H groups in total. The van der Waals surface area contributed by atoms with Crippen molar-refractivity contribution < 1.29 is 19.1 Å². The van der Waals surface area contributed by atoms with Crippen molar-refractivity contribution in [2.24, 2.45) is 0 Å². The van der Waals surface area contributed by atoms with Gasteiger partial charge in [-0.2, -0.15) is 0 Å². The number of nitrogens with zero attached hydrogens (tertiary/aromatic N) is 1. The first-order chi connectivity index (χ1) is 17.4. The van der Waals surface area contributed by atoms with Gasteiger partial charge >= 0.3 is 11.9 Å². The van der Waals surface area contributed by atoms with Gasteiger partial charge in [0.05, 0.1) is 24.2 Å². The van der Waals surface area contributed by atoms with Crippen molar-refractivity contribution in [3.05, 3.63) is 93.3 Å². The lowest BCUT2D eigenvalue weighted by atomic mass is 9.80. The molecule has 2 aliphatic rings. The van der Waals surface area contributed by atoms with E-state index in [-0.39, 0.29) is 12.4 Å². The highest BCUT2D eigenvalue weighted by Crippen LogP contribution is 2.42. The van der Waals surface area contributed by atoms with Gasteiger partial charge in [-0.15, -0.1) is 12.4 Å². The zero-order chi connectivity index (χ0) is 25.7. The summed E-state index contributed by atoms with van der Waals surface area (Å²) in [6.07, 6.45) is 3.07. The highest BCUT2D eigenvalue weighted by atomic mass is 35.5. The molecule has 6 nitrogen and oxygen atoms in total. The van der Waals surface area contributed by atoms with E-state index in [4.69, 9.17) is 21.1 Å². The van der Waals surface area contributed by atoms with E-state index in [0.29, 0.717) is 39.7 Å². The summed E-state index contributed by atoms with van der Waals surface area (Å²) in [6, 6.07) is 17.1. The molecule has 0 saturated carbocycles. The van der Waals surface area contributed by atoms with Gasteiger partial charge in [0.1, 0.15) is 6.10 Å². The molecule has 1 fully saturated rings. The normalized spacial score (nSPS) is 19.0. The number of ether oxygens (including phenoxy) is 2. The third-order valence-corrected chi connectivity index (χ3v) is 7.24. The maximum Gasteiger partial charge on any atom is 0.337 e. The topological polar surface area (TPSA) is 67.9 Å². The smallest absolute Gasteiger partial charge is 0.337 e. The average Bonchev–Trinajstić information content (AvgIpc) is 2.89. The second kappa shape index (κ2) is 13.1. The molecule has 0 amide bonds. The zero-order valence-electron chi connectivity index (χ0n) is 21.5. The molecule has 0 radical (unpaired) electrons. The van der Waals surface area contributed by atoms with E-state index in [1.165, 1.54) is 13.5 Å². The SMILES string of the molecule is COC(=O)C1=C(C)NC(C)=C(C(=O)OC(CN2CCCCC2)c2ccccc2)C1c1ccccc1Cl.Cl. The monoisotopic (exact) mass is 544 g/mol. The van der Waals surface area contributed by atoms with Crippen LogP contribution in [-0.2, 0) is 19.1 Å². The molecule has 0 spiro atoms. The van der Waals surface area contributed by atoms with Crippen LogP contribution >= 0.6 is 24.0 Å². The maximum absolute atomic E-state index is 13.9. The number of carbonyl (C=O) groups is 2. The van der Waals surface area contributed by atoms with E-state index in [1.54, 1.807) is 13.0 Å². The van der Waals surface area contributed by atoms with Crippen LogP contribution in [0.15, 0.2) is 77.1 Å². The van der Waals surface area contributed by atoms with Crippen LogP contribution in [0.3, 0.4) is 0 Å². The van der Waals surface area contributed by atoms with Gasteiger partial charge in [0.2, 0.25) is 0 Å². The third kappa shape index (κ3) is 6.56. The number of rotatable bonds is 7. The summed E-state index contributed by atoms with van der Waals surface area (Å²) in [5, 5.41) is 3.66. The molecule has 2 aliphatic heterocycles. The van der Waals surface area contributed by atoms with Gasteiger partial charge in [0.15, 0.2) is 0 Å². The van der Waals surface area contributed by atoms with Crippen molar-refractivity contribution in [3.63, 3.8) is 0 Å². The Labute approximate surface area is 230 Å². The van der Waals surface area contributed by atoms with E-state index in [0.717, 1.165) is 31.5 Å². The number of hydrogen-bond donors (Lipinski definition) is 1. The molecule has 37 heavy (non-hydrogen) atoms. The summed E-state index contributed by atoms with van der Waals surface area (Å²) >= 11 is 6.59. The van der Waals surface area contributed by atoms with Crippen LogP contribution in [0.2, 0.25) is 5.02 Å². The van der Waals surface area contributed by atoms with Gasteiger partial charge in [0, 0.05) is 23.0 Å². The van der Waals surface area contributed by atoms with Crippen LogP contribution in [0.25, 0.3) is 0 Å². The second-order valence-corrected chi connectivity index (χ2v) is 9.72. The summed E-state index contributed by atoms with van der Waals surface area (Å²) in [5.41, 5.74) is 3.53. The number of piperidine rings is 1. The lowest BCUT2D eigenvalue weighted by molar-refractivity contribution is -0.146. The number of nitrogens with one attached hydrogen (secondary N) is 1. The van der Waals surface area contributed by atoms with E-state index in [9.17, 15) is 9.59 Å². The summed E-state index contributed by atoms with van der Waals surface area (Å²) < 4.78 is 11.3. The Morgan fingerprint density at radius 3 is 2.16 bits per heavy atom. The number of allylic oxidation sites excluding steroid dienone is 2.